The Hall–Kier alpha value is -3.28. The number of rotatable bonds is 5. The number of carbonyl (C=O) groups is 2. The summed E-state index contributed by atoms with van der Waals surface area (Å²) < 4.78 is 0. The second-order valence-electron chi connectivity index (χ2n) is 7.88. The van der Waals surface area contributed by atoms with Crippen LogP contribution >= 0.6 is 0 Å². The van der Waals surface area contributed by atoms with Crippen molar-refractivity contribution in [1.29, 1.82) is 0 Å². The number of aromatic nitrogens is 1. The van der Waals surface area contributed by atoms with E-state index in [-0.39, 0.29) is 11.9 Å². The van der Waals surface area contributed by atoms with Crippen molar-refractivity contribution in [2.24, 2.45) is 0 Å². The molecule has 0 saturated carbocycles. The van der Waals surface area contributed by atoms with Crippen molar-refractivity contribution in [2.75, 3.05) is 31.5 Å². The van der Waals surface area contributed by atoms with E-state index in [1.807, 2.05) is 54.4 Å². The standard InChI is InChI=1S/C24H28N4O2/c1-18-6-4-8-20(16-18)26-24(30)28-14-12-27(13-15-28)23(29)11-5-7-19-17-25-22-10-3-2-9-21(19)22/h2-4,6,8-10,16-17,25H,5,7,11-15H2,1H3,(H,26,30). The third-order valence-electron chi connectivity index (χ3n) is 5.70. The summed E-state index contributed by atoms with van der Waals surface area (Å²) in [6.07, 6.45) is 4.29. The lowest BCUT2D eigenvalue weighted by Crippen LogP contribution is -2.51. The van der Waals surface area contributed by atoms with E-state index in [0.717, 1.165) is 29.6 Å². The van der Waals surface area contributed by atoms with Gasteiger partial charge in [-0.1, -0.05) is 30.3 Å². The molecule has 4 rings (SSSR count). The SMILES string of the molecule is Cc1cccc(NC(=O)N2CCN(C(=O)CCCc3c[nH]c4ccccc34)CC2)c1. The number of fused-ring (bicyclic) bond motifs is 1. The van der Waals surface area contributed by atoms with Crippen LogP contribution < -0.4 is 5.32 Å². The Kier molecular flexibility index (Phi) is 6.02. The van der Waals surface area contributed by atoms with Crippen LogP contribution in [0.15, 0.2) is 54.7 Å². The molecule has 1 aliphatic heterocycles. The second-order valence-corrected chi connectivity index (χ2v) is 7.88. The Morgan fingerprint density at radius 3 is 2.57 bits per heavy atom. The largest absolute Gasteiger partial charge is 0.361 e. The Labute approximate surface area is 176 Å². The highest BCUT2D eigenvalue weighted by Gasteiger charge is 2.24. The summed E-state index contributed by atoms with van der Waals surface area (Å²) >= 11 is 0. The highest BCUT2D eigenvalue weighted by atomic mass is 16.2. The number of urea groups is 1. The molecule has 1 fully saturated rings. The smallest absolute Gasteiger partial charge is 0.321 e. The molecule has 0 aliphatic carbocycles. The number of benzene rings is 2. The summed E-state index contributed by atoms with van der Waals surface area (Å²) in [5.41, 5.74) is 4.31. The summed E-state index contributed by atoms with van der Waals surface area (Å²) in [7, 11) is 0. The molecule has 156 valence electrons. The minimum Gasteiger partial charge on any atom is -0.361 e. The molecule has 0 spiro atoms. The van der Waals surface area contributed by atoms with Crippen LogP contribution in [-0.2, 0) is 11.2 Å². The molecule has 1 saturated heterocycles. The third-order valence-corrected chi connectivity index (χ3v) is 5.70. The first-order valence-corrected chi connectivity index (χ1v) is 10.6. The molecular weight excluding hydrogens is 376 g/mol. The molecule has 3 aromatic rings. The van der Waals surface area contributed by atoms with Crippen LogP contribution in [0.3, 0.4) is 0 Å². The Morgan fingerprint density at radius 1 is 1.00 bits per heavy atom. The number of para-hydroxylation sites is 1. The molecule has 0 bridgehead atoms. The van der Waals surface area contributed by atoms with E-state index in [1.165, 1.54) is 10.9 Å². The number of anilines is 1. The first kappa shape index (κ1) is 20.0. The number of aryl methyl sites for hydroxylation is 2. The number of amides is 3. The molecule has 0 atom stereocenters. The van der Waals surface area contributed by atoms with Crippen LogP contribution in [-0.4, -0.2) is 52.9 Å². The molecule has 6 heteroatoms. The fraction of sp³-hybridized carbons (Fsp3) is 0.333. The minimum atomic E-state index is -0.105. The van der Waals surface area contributed by atoms with E-state index in [9.17, 15) is 9.59 Å². The van der Waals surface area contributed by atoms with Gasteiger partial charge in [0, 0.05) is 55.4 Å². The number of piperazine rings is 1. The summed E-state index contributed by atoms with van der Waals surface area (Å²) in [6.45, 7) is 4.30. The predicted molar refractivity (Wildman–Crippen MR) is 120 cm³/mol. The molecule has 2 aromatic carbocycles. The lowest BCUT2D eigenvalue weighted by Gasteiger charge is -2.34. The number of hydrogen-bond donors (Lipinski definition) is 2. The van der Waals surface area contributed by atoms with Gasteiger partial charge in [0.2, 0.25) is 5.91 Å². The van der Waals surface area contributed by atoms with Crippen molar-refractivity contribution in [3.8, 4) is 0 Å². The van der Waals surface area contributed by atoms with Gasteiger partial charge in [0.05, 0.1) is 0 Å². The zero-order valence-corrected chi connectivity index (χ0v) is 17.4. The van der Waals surface area contributed by atoms with Crippen molar-refractivity contribution in [2.45, 2.75) is 26.2 Å². The van der Waals surface area contributed by atoms with Crippen LogP contribution in [0.25, 0.3) is 10.9 Å². The van der Waals surface area contributed by atoms with Gasteiger partial charge in [-0.15, -0.1) is 0 Å². The Balaban J connectivity index is 1.22. The van der Waals surface area contributed by atoms with Crippen LogP contribution in [0.5, 0.6) is 0 Å². The molecule has 1 aliphatic rings. The lowest BCUT2D eigenvalue weighted by atomic mass is 10.1. The van der Waals surface area contributed by atoms with Gasteiger partial charge in [0.25, 0.3) is 0 Å². The second kappa shape index (κ2) is 9.03. The van der Waals surface area contributed by atoms with Crippen LogP contribution in [0.4, 0.5) is 10.5 Å². The summed E-state index contributed by atoms with van der Waals surface area (Å²) in [6, 6.07) is 15.9. The highest BCUT2D eigenvalue weighted by Crippen LogP contribution is 2.20. The predicted octanol–water partition coefficient (Wildman–Crippen LogP) is 4.18. The van der Waals surface area contributed by atoms with Crippen LogP contribution in [0.1, 0.15) is 24.0 Å². The monoisotopic (exact) mass is 404 g/mol. The van der Waals surface area contributed by atoms with Crippen molar-refractivity contribution < 1.29 is 9.59 Å². The topological polar surface area (TPSA) is 68.4 Å². The van der Waals surface area contributed by atoms with Crippen molar-refractivity contribution in [1.82, 2.24) is 14.8 Å². The number of nitrogens with zero attached hydrogens (tertiary/aromatic N) is 2. The average Bonchev–Trinajstić information content (AvgIpc) is 3.17. The van der Waals surface area contributed by atoms with Gasteiger partial charge < -0.3 is 20.1 Å². The molecule has 3 amide bonds. The average molecular weight is 405 g/mol. The van der Waals surface area contributed by atoms with E-state index < -0.39 is 0 Å². The van der Waals surface area contributed by atoms with Crippen LogP contribution in [0.2, 0.25) is 0 Å². The number of nitrogens with one attached hydrogen (secondary N) is 2. The zero-order valence-electron chi connectivity index (χ0n) is 17.4. The maximum Gasteiger partial charge on any atom is 0.321 e. The van der Waals surface area contributed by atoms with Gasteiger partial charge in [-0.2, -0.15) is 0 Å². The van der Waals surface area contributed by atoms with E-state index in [4.69, 9.17) is 0 Å². The van der Waals surface area contributed by atoms with E-state index >= 15 is 0 Å². The minimum absolute atomic E-state index is 0.105. The van der Waals surface area contributed by atoms with Gasteiger partial charge in [-0.3, -0.25) is 4.79 Å². The molecule has 6 nitrogen and oxygen atoms in total. The zero-order chi connectivity index (χ0) is 20.9. The van der Waals surface area contributed by atoms with Crippen molar-refractivity contribution in [3.63, 3.8) is 0 Å². The van der Waals surface area contributed by atoms with Gasteiger partial charge in [0.1, 0.15) is 0 Å². The Morgan fingerprint density at radius 2 is 1.77 bits per heavy atom. The van der Waals surface area contributed by atoms with Crippen molar-refractivity contribution >= 4 is 28.5 Å². The number of carbonyl (C=O) groups excluding carboxylic acids is 2. The van der Waals surface area contributed by atoms with Crippen molar-refractivity contribution in [3.05, 3.63) is 65.9 Å². The van der Waals surface area contributed by atoms with Gasteiger partial charge >= 0.3 is 6.03 Å². The molecular formula is C24H28N4O2. The maximum absolute atomic E-state index is 12.6. The lowest BCUT2D eigenvalue weighted by molar-refractivity contribution is -0.132. The first-order chi connectivity index (χ1) is 14.6. The first-order valence-electron chi connectivity index (χ1n) is 10.6. The summed E-state index contributed by atoms with van der Waals surface area (Å²) in [4.78, 5) is 32.0. The van der Waals surface area contributed by atoms with Gasteiger partial charge in [0.15, 0.2) is 0 Å². The molecule has 2 heterocycles. The summed E-state index contributed by atoms with van der Waals surface area (Å²) in [5, 5.41) is 4.18. The number of hydrogen-bond acceptors (Lipinski definition) is 2. The summed E-state index contributed by atoms with van der Waals surface area (Å²) in [5.74, 6) is 0.175. The molecule has 2 N–H and O–H groups in total. The number of aromatic amines is 1. The molecule has 0 radical (unpaired) electrons. The highest BCUT2D eigenvalue weighted by molar-refractivity contribution is 5.89. The van der Waals surface area contributed by atoms with E-state index in [2.05, 4.69) is 22.4 Å². The quantitative estimate of drug-likeness (QED) is 0.670. The fourth-order valence-corrected chi connectivity index (χ4v) is 4.01. The van der Waals surface area contributed by atoms with E-state index in [1.54, 1.807) is 4.90 Å². The molecule has 1 aromatic heterocycles. The fourth-order valence-electron chi connectivity index (χ4n) is 4.01. The van der Waals surface area contributed by atoms with Gasteiger partial charge in [-0.05, 0) is 49.1 Å². The molecule has 30 heavy (non-hydrogen) atoms. The number of H-pyrrole nitrogens is 1. The third kappa shape index (κ3) is 4.64. The maximum atomic E-state index is 12.6. The van der Waals surface area contributed by atoms with E-state index in [0.29, 0.717) is 32.6 Å². The normalized spacial score (nSPS) is 14.2. The van der Waals surface area contributed by atoms with Crippen LogP contribution in [0, 0.1) is 6.92 Å². The van der Waals surface area contributed by atoms with Gasteiger partial charge in [-0.25, -0.2) is 4.79 Å². The molecule has 0 unspecified atom stereocenters. The Bertz CT molecular complexity index is 1030.